The Hall–Kier alpha value is -0.820. The van der Waals surface area contributed by atoms with Gasteiger partial charge in [-0.15, -0.1) is 0 Å². The molecule has 0 radical (unpaired) electrons. The molecule has 1 rings (SSSR count). The number of benzene rings is 1. The lowest BCUT2D eigenvalue weighted by Gasteiger charge is -2.28. The average Bonchev–Trinajstić information content (AvgIpc) is 2.18. The van der Waals surface area contributed by atoms with Crippen LogP contribution in [0.2, 0.25) is 0 Å². The Morgan fingerprint density at radius 1 is 1.25 bits per heavy atom. The molecule has 66 valence electrons. The smallest absolute Gasteiger partial charge is 0.0400 e. The Morgan fingerprint density at radius 3 is 2.25 bits per heavy atom. The lowest BCUT2D eigenvalue weighted by molar-refractivity contribution is 0.386. The second-order valence-corrected chi connectivity index (χ2v) is 3.30. The molecule has 1 heteroatoms. The summed E-state index contributed by atoms with van der Waals surface area (Å²) in [6.45, 7) is 4.42. The maximum absolute atomic E-state index is 3.34. The van der Waals surface area contributed by atoms with Crippen molar-refractivity contribution in [1.29, 1.82) is 0 Å². The molecule has 12 heavy (non-hydrogen) atoms. The van der Waals surface area contributed by atoms with Crippen LogP contribution in [-0.4, -0.2) is 7.05 Å². The fourth-order valence-electron chi connectivity index (χ4n) is 1.33. The molecule has 1 aromatic carbocycles. The molecular formula is C11H17N. The van der Waals surface area contributed by atoms with Crippen LogP contribution in [0, 0.1) is 0 Å². The van der Waals surface area contributed by atoms with Crippen molar-refractivity contribution in [2.24, 2.45) is 0 Å². The molecule has 1 atom stereocenters. The Bertz CT molecular complexity index is 224. The second-order valence-electron chi connectivity index (χ2n) is 3.30. The molecular weight excluding hydrogens is 146 g/mol. The molecule has 0 bridgehead atoms. The SMILES string of the molecule is CC[C@@](C)(NC)c1ccccc1. The molecule has 0 aromatic heterocycles. The van der Waals surface area contributed by atoms with Crippen LogP contribution >= 0.6 is 0 Å². The number of hydrogen-bond donors (Lipinski definition) is 1. The van der Waals surface area contributed by atoms with Crippen LogP contribution in [0.3, 0.4) is 0 Å². The molecule has 0 fully saturated rings. The van der Waals surface area contributed by atoms with Crippen molar-refractivity contribution in [2.75, 3.05) is 7.05 Å². The van der Waals surface area contributed by atoms with Crippen molar-refractivity contribution in [3.63, 3.8) is 0 Å². The van der Waals surface area contributed by atoms with E-state index in [1.54, 1.807) is 0 Å². The maximum atomic E-state index is 3.34. The third-order valence-corrected chi connectivity index (χ3v) is 2.67. The first-order chi connectivity index (χ1) is 5.73. The van der Waals surface area contributed by atoms with E-state index in [2.05, 4.69) is 49.5 Å². The largest absolute Gasteiger partial charge is 0.311 e. The first kappa shape index (κ1) is 9.27. The molecule has 0 unspecified atom stereocenters. The van der Waals surface area contributed by atoms with Crippen LogP contribution in [0.5, 0.6) is 0 Å². The average molecular weight is 163 g/mol. The van der Waals surface area contributed by atoms with Crippen LogP contribution in [0.4, 0.5) is 0 Å². The summed E-state index contributed by atoms with van der Waals surface area (Å²) in [5.74, 6) is 0. The third kappa shape index (κ3) is 1.67. The van der Waals surface area contributed by atoms with Gasteiger partial charge in [-0.1, -0.05) is 37.3 Å². The van der Waals surface area contributed by atoms with E-state index >= 15 is 0 Å². The lowest BCUT2D eigenvalue weighted by Crippen LogP contribution is -2.35. The summed E-state index contributed by atoms with van der Waals surface area (Å²) in [5, 5.41) is 3.34. The molecule has 0 aliphatic rings. The Morgan fingerprint density at radius 2 is 1.83 bits per heavy atom. The minimum Gasteiger partial charge on any atom is -0.311 e. The summed E-state index contributed by atoms with van der Waals surface area (Å²) in [7, 11) is 2.01. The van der Waals surface area contributed by atoms with E-state index < -0.39 is 0 Å². The van der Waals surface area contributed by atoms with Gasteiger partial charge >= 0.3 is 0 Å². The number of hydrogen-bond acceptors (Lipinski definition) is 1. The van der Waals surface area contributed by atoms with Gasteiger partial charge in [0.1, 0.15) is 0 Å². The molecule has 1 nitrogen and oxygen atoms in total. The highest BCUT2D eigenvalue weighted by molar-refractivity contribution is 5.23. The maximum Gasteiger partial charge on any atom is 0.0400 e. The lowest BCUT2D eigenvalue weighted by atomic mass is 9.90. The van der Waals surface area contributed by atoms with E-state index in [0.29, 0.717) is 0 Å². The second kappa shape index (κ2) is 3.72. The zero-order valence-electron chi connectivity index (χ0n) is 8.09. The predicted molar refractivity (Wildman–Crippen MR) is 53.1 cm³/mol. The van der Waals surface area contributed by atoms with E-state index in [-0.39, 0.29) is 5.54 Å². The van der Waals surface area contributed by atoms with E-state index in [1.807, 2.05) is 7.05 Å². The van der Waals surface area contributed by atoms with Gasteiger partial charge in [-0.3, -0.25) is 0 Å². The molecule has 0 saturated heterocycles. The molecule has 0 heterocycles. The standard InChI is InChI=1S/C11H17N/c1-4-11(2,12-3)10-8-6-5-7-9-10/h5-9,12H,4H2,1-3H3/t11-/m1/s1. The van der Waals surface area contributed by atoms with Gasteiger partial charge in [0.2, 0.25) is 0 Å². The fraction of sp³-hybridized carbons (Fsp3) is 0.455. The zero-order valence-corrected chi connectivity index (χ0v) is 8.09. The van der Waals surface area contributed by atoms with Crippen molar-refractivity contribution in [3.8, 4) is 0 Å². The van der Waals surface area contributed by atoms with E-state index in [1.165, 1.54) is 5.56 Å². The minimum absolute atomic E-state index is 0.126. The van der Waals surface area contributed by atoms with Crippen LogP contribution in [0.25, 0.3) is 0 Å². The monoisotopic (exact) mass is 163 g/mol. The van der Waals surface area contributed by atoms with E-state index in [0.717, 1.165) is 6.42 Å². The molecule has 0 amide bonds. The summed E-state index contributed by atoms with van der Waals surface area (Å²) >= 11 is 0. The first-order valence-electron chi connectivity index (χ1n) is 4.47. The molecule has 1 aromatic rings. The molecule has 0 spiro atoms. The van der Waals surface area contributed by atoms with Crippen molar-refractivity contribution in [1.82, 2.24) is 5.32 Å². The van der Waals surface area contributed by atoms with E-state index in [9.17, 15) is 0 Å². The van der Waals surface area contributed by atoms with Crippen LogP contribution in [0.15, 0.2) is 30.3 Å². The van der Waals surface area contributed by atoms with Crippen molar-refractivity contribution < 1.29 is 0 Å². The molecule has 0 aliphatic carbocycles. The molecule has 1 N–H and O–H groups in total. The third-order valence-electron chi connectivity index (χ3n) is 2.67. The molecule has 0 saturated carbocycles. The van der Waals surface area contributed by atoms with Gasteiger partial charge in [0.25, 0.3) is 0 Å². The van der Waals surface area contributed by atoms with Crippen LogP contribution in [0.1, 0.15) is 25.8 Å². The Balaban J connectivity index is 2.95. The van der Waals surface area contributed by atoms with Gasteiger partial charge in [-0.25, -0.2) is 0 Å². The first-order valence-corrected chi connectivity index (χ1v) is 4.47. The Labute approximate surface area is 74.8 Å². The fourth-order valence-corrected chi connectivity index (χ4v) is 1.33. The highest BCUT2D eigenvalue weighted by Gasteiger charge is 2.20. The topological polar surface area (TPSA) is 12.0 Å². The van der Waals surface area contributed by atoms with Crippen molar-refractivity contribution in [3.05, 3.63) is 35.9 Å². The van der Waals surface area contributed by atoms with Gasteiger partial charge in [-0.05, 0) is 26.0 Å². The van der Waals surface area contributed by atoms with Gasteiger partial charge in [0.15, 0.2) is 0 Å². The van der Waals surface area contributed by atoms with Crippen LogP contribution in [-0.2, 0) is 5.54 Å². The highest BCUT2D eigenvalue weighted by atomic mass is 14.9. The molecule has 0 aliphatic heterocycles. The van der Waals surface area contributed by atoms with Crippen LogP contribution < -0.4 is 5.32 Å². The van der Waals surface area contributed by atoms with Gasteiger partial charge < -0.3 is 5.32 Å². The van der Waals surface area contributed by atoms with Gasteiger partial charge in [0.05, 0.1) is 0 Å². The minimum atomic E-state index is 0.126. The summed E-state index contributed by atoms with van der Waals surface area (Å²) in [4.78, 5) is 0. The van der Waals surface area contributed by atoms with E-state index in [4.69, 9.17) is 0 Å². The summed E-state index contributed by atoms with van der Waals surface area (Å²) in [6.07, 6.45) is 1.10. The predicted octanol–water partition coefficient (Wildman–Crippen LogP) is 2.53. The zero-order chi connectivity index (χ0) is 9.03. The summed E-state index contributed by atoms with van der Waals surface area (Å²) < 4.78 is 0. The van der Waals surface area contributed by atoms with Crippen molar-refractivity contribution in [2.45, 2.75) is 25.8 Å². The summed E-state index contributed by atoms with van der Waals surface area (Å²) in [5.41, 5.74) is 1.48. The highest BCUT2D eigenvalue weighted by Crippen LogP contribution is 2.22. The quantitative estimate of drug-likeness (QED) is 0.722. The normalized spacial score (nSPS) is 15.6. The number of nitrogens with one attached hydrogen (secondary N) is 1. The number of rotatable bonds is 3. The van der Waals surface area contributed by atoms with Gasteiger partial charge in [-0.2, -0.15) is 0 Å². The van der Waals surface area contributed by atoms with Crippen molar-refractivity contribution >= 4 is 0 Å². The van der Waals surface area contributed by atoms with Gasteiger partial charge in [0, 0.05) is 5.54 Å². The Kier molecular flexibility index (Phi) is 2.88. The summed E-state index contributed by atoms with van der Waals surface area (Å²) in [6, 6.07) is 10.6.